The van der Waals surface area contributed by atoms with Gasteiger partial charge in [0.2, 0.25) is 17.7 Å². The van der Waals surface area contributed by atoms with Crippen molar-refractivity contribution >= 4 is 17.7 Å². The number of hydrogen-bond donors (Lipinski definition) is 2. The maximum atomic E-state index is 13.6. The maximum absolute atomic E-state index is 13.6. The van der Waals surface area contributed by atoms with Crippen molar-refractivity contribution < 1.29 is 19.1 Å². The van der Waals surface area contributed by atoms with Crippen molar-refractivity contribution in [2.24, 2.45) is 11.8 Å². The summed E-state index contributed by atoms with van der Waals surface area (Å²) in [5.74, 6) is -1.83. The number of amides is 3. The Morgan fingerprint density at radius 2 is 1.68 bits per heavy atom. The molecular formula is C24H33N3O4. The number of nitrogens with zero attached hydrogens (tertiary/aromatic N) is 1. The Balaban J connectivity index is 1.46. The number of carbonyl (C=O) groups excluding carboxylic acids is 3. The van der Waals surface area contributed by atoms with Gasteiger partial charge in [-0.15, -0.1) is 6.58 Å². The van der Waals surface area contributed by atoms with Crippen molar-refractivity contribution in [2.75, 3.05) is 6.54 Å². The number of carbonyl (C=O) groups is 3. The molecule has 4 fully saturated rings. The van der Waals surface area contributed by atoms with Crippen LogP contribution in [-0.4, -0.2) is 58.5 Å². The molecule has 0 aromatic carbocycles. The minimum Gasteiger partial charge on any atom is -0.356 e. The van der Waals surface area contributed by atoms with E-state index in [1.165, 1.54) is 0 Å². The first-order valence-electron chi connectivity index (χ1n) is 11.8. The lowest BCUT2D eigenvalue weighted by Gasteiger charge is -2.33. The average Bonchev–Trinajstić information content (AvgIpc) is 3.52. The van der Waals surface area contributed by atoms with Crippen molar-refractivity contribution in [3.8, 4) is 0 Å². The molecule has 5 aliphatic rings. The van der Waals surface area contributed by atoms with E-state index in [1.54, 1.807) is 11.0 Å². The molecule has 3 heterocycles. The largest absolute Gasteiger partial charge is 0.356 e. The van der Waals surface area contributed by atoms with Gasteiger partial charge in [0.15, 0.2) is 0 Å². The first-order valence-corrected chi connectivity index (χ1v) is 11.8. The number of nitrogens with one attached hydrogen (secondary N) is 2. The maximum Gasteiger partial charge on any atom is 0.246 e. The van der Waals surface area contributed by atoms with Crippen LogP contribution < -0.4 is 10.6 Å². The normalized spacial score (nSPS) is 39.3. The average molecular weight is 428 g/mol. The molecule has 2 bridgehead atoms. The number of likely N-dealkylation sites (tertiary alicyclic amines) is 1. The van der Waals surface area contributed by atoms with Gasteiger partial charge in [0.25, 0.3) is 0 Å². The highest BCUT2D eigenvalue weighted by atomic mass is 16.5. The first kappa shape index (κ1) is 20.7. The lowest BCUT2D eigenvalue weighted by Crippen LogP contribution is -2.56. The van der Waals surface area contributed by atoms with Crippen LogP contribution in [0.3, 0.4) is 0 Å². The van der Waals surface area contributed by atoms with E-state index < -0.39 is 29.1 Å². The summed E-state index contributed by atoms with van der Waals surface area (Å²) in [7, 11) is 0. The van der Waals surface area contributed by atoms with Crippen LogP contribution in [0.15, 0.2) is 24.8 Å². The smallest absolute Gasteiger partial charge is 0.246 e. The van der Waals surface area contributed by atoms with Crippen molar-refractivity contribution in [3.05, 3.63) is 24.8 Å². The van der Waals surface area contributed by atoms with Gasteiger partial charge in [-0.1, -0.05) is 43.9 Å². The van der Waals surface area contributed by atoms with E-state index >= 15 is 0 Å². The van der Waals surface area contributed by atoms with Crippen LogP contribution in [0, 0.1) is 11.8 Å². The van der Waals surface area contributed by atoms with Gasteiger partial charge in [0.05, 0.1) is 17.4 Å². The summed E-state index contributed by atoms with van der Waals surface area (Å²) in [5, 5.41) is 6.32. The molecule has 168 valence electrons. The highest BCUT2D eigenvalue weighted by Gasteiger charge is 2.76. The van der Waals surface area contributed by atoms with E-state index in [9.17, 15) is 14.4 Å². The Bertz CT molecular complexity index is 829. The Morgan fingerprint density at radius 3 is 2.26 bits per heavy atom. The summed E-state index contributed by atoms with van der Waals surface area (Å²) in [6.07, 6.45) is 13.7. The molecule has 31 heavy (non-hydrogen) atoms. The Hall–Kier alpha value is -2.15. The number of ether oxygens (including phenoxy) is 1. The molecule has 1 spiro atoms. The topological polar surface area (TPSA) is 87.7 Å². The molecule has 0 aromatic heterocycles. The van der Waals surface area contributed by atoms with Gasteiger partial charge in [0.1, 0.15) is 11.6 Å². The molecule has 3 amide bonds. The lowest BCUT2D eigenvalue weighted by atomic mass is 9.70. The zero-order chi connectivity index (χ0) is 21.8. The van der Waals surface area contributed by atoms with Crippen LogP contribution in [0.2, 0.25) is 0 Å². The van der Waals surface area contributed by atoms with Crippen LogP contribution in [0.25, 0.3) is 0 Å². The summed E-state index contributed by atoms with van der Waals surface area (Å²) >= 11 is 0. The summed E-state index contributed by atoms with van der Waals surface area (Å²) < 4.78 is 6.49. The van der Waals surface area contributed by atoms with Gasteiger partial charge < -0.3 is 20.3 Å². The first-order chi connectivity index (χ1) is 14.9. The third-order valence-corrected chi connectivity index (χ3v) is 8.06. The molecule has 2 saturated heterocycles. The Labute approximate surface area is 183 Å². The molecule has 2 aliphatic carbocycles. The second kappa shape index (κ2) is 7.47. The molecule has 2 N–H and O–H groups in total. The van der Waals surface area contributed by atoms with Crippen molar-refractivity contribution in [1.29, 1.82) is 0 Å². The molecule has 0 unspecified atom stereocenters. The molecule has 7 nitrogen and oxygen atoms in total. The van der Waals surface area contributed by atoms with Crippen LogP contribution in [0.1, 0.15) is 58.3 Å². The second-order valence-corrected chi connectivity index (χ2v) is 10.1. The quantitative estimate of drug-likeness (QED) is 0.633. The highest BCUT2D eigenvalue weighted by Crippen LogP contribution is 2.59. The van der Waals surface area contributed by atoms with Gasteiger partial charge in [0, 0.05) is 18.6 Å². The van der Waals surface area contributed by atoms with Gasteiger partial charge in [-0.3, -0.25) is 14.4 Å². The van der Waals surface area contributed by atoms with Gasteiger partial charge in [-0.05, 0) is 32.6 Å². The van der Waals surface area contributed by atoms with E-state index in [0.29, 0.717) is 0 Å². The molecule has 7 heteroatoms. The Morgan fingerprint density at radius 1 is 1.10 bits per heavy atom. The van der Waals surface area contributed by atoms with Gasteiger partial charge in [-0.25, -0.2) is 0 Å². The third kappa shape index (κ3) is 3.07. The monoisotopic (exact) mass is 427 g/mol. The van der Waals surface area contributed by atoms with Gasteiger partial charge >= 0.3 is 0 Å². The highest BCUT2D eigenvalue weighted by molar-refractivity contribution is 6.00. The van der Waals surface area contributed by atoms with Crippen molar-refractivity contribution in [1.82, 2.24) is 15.5 Å². The standard InChI is InChI=1S/C24H33N3O4/c1-3-14-27-19(21(29)26-16-10-6-7-11-16)24-13-12-23(2,31-24)17(18(24)22(27)30)20(28)25-15-8-4-5-9-15/h3,12-13,15-19H,1,4-11,14H2,2H3,(H,25,28)(H,26,29)/t17-,18+,19-,23-,24+/m1/s1. The minimum absolute atomic E-state index is 0.130. The molecule has 5 rings (SSSR count). The number of hydrogen-bond acceptors (Lipinski definition) is 4. The molecule has 2 saturated carbocycles. The fourth-order valence-corrected chi connectivity index (χ4v) is 6.68. The van der Waals surface area contributed by atoms with Crippen molar-refractivity contribution in [3.63, 3.8) is 0 Å². The molecule has 0 aromatic rings. The van der Waals surface area contributed by atoms with E-state index in [0.717, 1.165) is 51.4 Å². The summed E-state index contributed by atoms with van der Waals surface area (Å²) in [5.41, 5.74) is -1.98. The molecule has 3 aliphatic heterocycles. The zero-order valence-corrected chi connectivity index (χ0v) is 18.3. The van der Waals surface area contributed by atoms with Crippen LogP contribution >= 0.6 is 0 Å². The fourth-order valence-electron chi connectivity index (χ4n) is 6.68. The number of rotatable bonds is 6. The van der Waals surface area contributed by atoms with Crippen molar-refractivity contribution in [2.45, 2.75) is 87.6 Å². The van der Waals surface area contributed by atoms with Crippen LogP contribution in [0.4, 0.5) is 0 Å². The SMILES string of the molecule is C=CCN1C(=O)[C@@H]2[C@H](C(=O)NC3CCCC3)[C@@]3(C)C=C[C@@]2(O3)[C@H]1C(=O)NC1CCCC1. The summed E-state index contributed by atoms with van der Waals surface area (Å²) in [4.78, 5) is 42.0. The predicted molar refractivity (Wildman–Crippen MR) is 115 cm³/mol. The minimum atomic E-state index is -1.10. The third-order valence-electron chi connectivity index (χ3n) is 8.06. The zero-order valence-electron chi connectivity index (χ0n) is 18.3. The van der Waals surface area contributed by atoms with E-state index in [2.05, 4.69) is 17.2 Å². The lowest BCUT2D eigenvalue weighted by molar-refractivity contribution is -0.144. The van der Waals surface area contributed by atoms with Crippen LogP contribution in [0.5, 0.6) is 0 Å². The number of fused-ring (bicyclic) bond motifs is 1. The molecule has 0 radical (unpaired) electrons. The predicted octanol–water partition coefficient (Wildman–Crippen LogP) is 1.83. The summed E-state index contributed by atoms with van der Waals surface area (Å²) in [6, 6.07) is -0.480. The molecular weight excluding hydrogens is 394 g/mol. The Kier molecular flexibility index (Phi) is 5.00. The fraction of sp³-hybridized carbons (Fsp3) is 0.708. The second-order valence-electron chi connectivity index (χ2n) is 10.1. The van der Waals surface area contributed by atoms with E-state index in [1.807, 2.05) is 19.1 Å². The van der Waals surface area contributed by atoms with Gasteiger partial charge in [-0.2, -0.15) is 0 Å². The molecule has 5 atom stereocenters. The van der Waals surface area contributed by atoms with Crippen LogP contribution in [-0.2, 0) is 19.1 Å². The van der Waals surface area contributed by atoms with E-state index in [-0.39, 0.29) is 36.3 Å². The summed E-state index contributed by atoms with van der Waals surface area (Å²) in [6.45, 7) is 5.90. The van der Waals surface area contributed by atoms with E-state index in [4.69, 9.17) is 4.74 Å².